The normalized spacial score (nSPS) is 10.2. The summed E-state index contributed by atoms with van der Waals surface area (Å²) in [5.74, 6) is 0.753. The van der Waals surface area contributed by atoms with E-state index in [1.54, 1.807) is 30.4 Å². The lowest BCUT2D eigenvalue weighted by Crippen LogP contribution is -2.08. The largest absolute Gasteiger partial charge is 0.508 e. The number of ketones is 1. The van der Waals surface area contributed by atoms with Crippen molar-refractivity contribution in [1.29, 1.82) is 0 Å². The topological polar surface area (TPSA) is 46.5 Å². The van der Waals surface area contributed by atoms with Gasteiger partial charge < -0.3 is 9.84 Å². The van der Waals surface area contributed by atoms with Crippen LogP contribution in [0.3, 0.4) is 0 Å². The number of hydrogen-bond donors (Lipinski definition) is 1. The van der Waals surface area contributed by atoms with Crippen LogP contribution in [-0.2, 0) is 4.79 Å². The highest BCUT2D eigenvalue weighted by Gasteiger charge is 2.09. The van der Waals surface area contributed by atoms with Crippen molar-refractivity contribution in [2.45, 2.75) is 27.7 Å². The molecule has 1 N–H and O–H groups in total. The van der Waals surface area contributed by atoms with Crippen LogP contribution in [0.2, 0.25) is 0 Å². The van der Waals surface area contributed by atoms with Crippen molar-refractivity contribution in [3.63, 3.8) is 0 Å². The molecule has 0 spiro atoms. The molecule has 1 rings (SSSR count). The van der Waals surface area contributed by atoms with E-state index >= 15 is 0 Å². The van der Waals surface area contributed by atoms with Crippen molar-refractivity contribution in [2.75, 3.05) is 6.61 Å². The van der Waals surface area contributed by atoms with Crippen LogP contribution in [0.4, 0.5) is 0 Å². The Morgan fingerprint density at radius 3 is 2.48 bits per heavy atom. The molecule has 3 nitrogen and oxygen atoms in total. The number of allylic oxidation sites excluding steroid dienone is 2. The van der Waals surface area contributed by atoms with Gasteiger partial charge in [-0.25, -0.2) is 0 Å². The molecule has 0 atom stereocenters. The van der Waals surface area contributed by atoms with Gasteiger partial charge in [0, 0.05) is 5.57 Å². The lowest BCUT2D eigenvalue weighted by Gasteiger charge is -2.12. The van der Waals surface area contributed by atoms with Crippen molar-refractivity contribution in [1.82, 2.24) is 0 Å². The second-order valence-corrected chi connectivity index (χ2v) is 4.20. The fourth-order valence-corrected chi connectivity index (χ4v) is 1.56. The van der Waals surface area contributed by atoms with Crippen LogP contribution >= 0.6 is 0 Å². The van der Waals surface area contributed by atoms with Crippen LogP contribution in [0.1, 0.15) is 26.3 Å². The van der Waals surface area contributed by atoms with Crippen LogP contribution in [0.15, 0.2) is 54.7 Å². The molecular weight excluding hydrogens is 264 g/mol. The van der Waals surface area contributed by atoms with Gasteiger partial charge in [-0.1, -0.05) is 39.2 Å². The minimum absolute atomic E-state index is 0.0980. The van der Waals surface area contributed by atoms with Crippen molar-refractivity contribution in [3.8, 4) is 11.5 Å². The van der Waals surface area contributed by atoms with Crippen LogP contribution in [0.5, 0.6) is 11.5 Å². The van der Waals surface area contributed by atoms with E-state index in [4.69, 9.17) is 4.74 Å². The summed E-state index contributed by atoms with van der Waals surface area (Å²) in [6.45, 7) is 14.9. The number of Topliss-reactive ketones (excluding diaryl/α,β-unsaturated/α-hetero) is 1. The zero-order chi connectivity index (χ0) is 16.4. The third-order valence-corrected chi connectivity index (χ3v) is 2.67. The maximum Gasteiger partial charge on any atom is 0.159 e. The Balaban J connectivity index is 0.00000191. The lowest BCUT2D eigenvalue weighted by molar-refractivity contribution is -0.113. The molecular formula is C18H24O3. The van der Waals surface area contributed by atoms with Crippen molar-refractivity contribution in [3.05, 3.63) is 60.2 Å². The number of aromatic hydroxyl groups is 1. The summed E-state index contributed by atoms with van der Waals surface area (Å²) < 4.78 is 5.64. The van der Waals surface area contributed by atoms with E-state index in [1.807, 2.05) is 20.8 Å². The maximum atomic E-state index is 11.3. The van der Waals surface area contributed by atoms with Crippen LogP contribution in [0.25, 0.3) is 0 Å². The van der Waals surface area contributed by atoms with Crippen LogP contribution in [0, 0.1) is 6.92 Å². The lowest BCUT2D eigenvalue weighted by atomic mass is 10.1. The summed E-state index contributed by atoms with van der Waals surface area (Å²) >= 11 is 0. The smallest absolute Gasteiger partial charge is 0.159 e. The minimum Gasteiger partial charge on any atom is -0.508 e. The monoisotopic (exact) mass is 288 g/mol. The van der Waals surface area contributed by atoms with Crippen molar-refractivity contribution >= 4 is 5.78 Å². The van der Waals surface area contributed by atoms with E-state index in [1.165, 1.54) is 6.92 Å². The Bertz CT molecular complexity index is 539. The number of aryl methyl sites for hydroxylation is 1. The van der Waals surface area contributed by atoms with Gasteiger partial charge in [-0.3, -0.25) is 4.79 Å². The van der Waals surface area contributed by atoms with E-state index in [0.29, 0.717) is 16.9 Å². The number of ether oxygens (including phenoxy) is 1. The summed E-state index contributed by atoms with van der Waals surface area (Å²) in [6, 6.07) is 4.86. The fourth-order valence-electron chi connectivity index (χ4n) is 1.56. The highest BCUT2D eigenvalue weighted by Crippen LogP contribution is 2.23. The number of phenolic OH excluding ortho intramolecular Hbond substituents is 1. The zero-order valence-electron chi connectivity index (χ0n) is 13.3. The molecule has 0 aliphatic carbocycles. The molecule has 3 heteroatoms. The van der Waals surface area contributed by atoms with E-state index in [2.05, 4.69) is 13.2 Å². The maximum absolute atomic E-state index is 11.3. The zero-order valence-corrected chi connectivity index (χ0v) is 13.3. The first kappa shape index (κ1) is 18.7. The Labute approximate surface area is 127 Å². The number of phenols is 1. The predicted octanol–water partition coefficient (Wildman–Crippen LogP) is 4.36. The van der Waals surface area contributed by atoms with Crippen LogP contribution < -0.4 is 4.74 Å². The van der Waals surface area contributed by atoms with Gasteiger partial charge in [-0.2, -0.15) is 0 Å². The van der Waals surface area contributed by atoms with Crippen molar-refractivity contribution < 1.29 is 14.6 Å². The quantitative estimate of drug-likeness (QED) is 0.625. The fraction of sp³-hybridized carbons (Fsp3) is 0.278. The van der Waals surface area contributed by atoms with Gasteiger partial charge in [0.05, 0.1) is 0 Å². The average Bonchev–Trinajstić information content (AvgIpc) is 2.46. The predicted molar refractivity (Wildman–Crippen MR) is 87.8 cm³/mol. The first-order valence-electron chi connectivity index (χ1n) is 6.90. The molecule has 0 saturated heterocycles. The van der Waals surface area contributed by atoms with E-state index < -0.39 is 0 Å². The summed E-state index contributed by atoms with van der Waals surface area (Å²) in [7, 11) is 0. The molecule has 0 aliphatic heterocycles. The molecule has 0 radical (unpaired) electrons. The number of rotatable bonds is 6. The molecule has 21 heavy (non-hydrogen) atoms. The summed E-state index contributed by atoms with van der Waals surface area (Å²) in [4.78, 5) is 11.3. The second-order valence-electron chi connectivity index (χ2n) is 4.20. The highest BCUT2D eigenvalue weighted by molar-refractivity contribution is 5.97. The molecule has 0 aliphatic rings. The van der Waals surface area contributed by atoms with Gasteiger partial charge in [0.15, 0.2) is 5.78 Å². The average molecular weight is 288 g/mol. The molecule has 0 amide bonds. The van der Waals surface area contributed by atoms with Gasteiger partial charge in [0.25, 0.3) is 0 Å². The summed E-state index contributed by atoms with van der Waals surface area (Å²) in [6.07, 6.45) is 3.30. The van der Waals surface area contributed by atoms with E-state index in [0.717, 1.165) is 5.56 Å². The summed E-state index contributed by atoms with van der Waals surface area (Å²) in [5.41, 5.74) is 1.93. The third-order valence-electron chi connectivity index (χ3n) is 2.67. The van der Waals surface area contributed by atoms with Gasteiger partial charge in [-0.15, -0.1) is 0 Å². The third kappa shape index (κ3) is 6.13. The Hall–Kier alpha value is -2.29. The molecule has 0 heterocycles. The van der Waals surface area contributed by atoms with Gasteiger partial charge in [-0.05, 0) is 43.2 Å². The Kier molecular flexibility index (Phi) is 8.54. The van der Waals surface area contributed by atoms with Gasteiger partial charge in [0.2, 0.25) is 0 Å². The first-order chi connectivity index (χ1) is 9.95. The molecule has 0 aromatic heterocycles. The number of hydrogen-bond acceptors (Lipinski definition) is 3. The number of benzene rings is 1. The van der Waals surface area contributed by atoms with Gasteiger partial charge >= 0.3 is 0 Å². The Morgan fingerprint density at radius 1 is 1.38 bits per heavy atom. The molecule has 0 fully saturated rings. The second kappa shape index (κ2) is 9.59. The molecule has 1 aromatic rings. The molecule has 0 unspecified atom stereocenters. The minimum atomic E-state index is -0.0980. The molecule has 0 saturated carbocycles. The highest BCUT2D eigenvalue weighted by atomic mass is 16.5. The van der Waals surface area contributed by atoms with Gasteiger partial charge in [0.1, 0.15) is 18.1 Å². The Morgan fingerprint density at radius 2 is 2.00 bits per heavy atom. The molecule has 1 aromatic carbocycles. The number of carbonyl (C=O) groups is 1. The van der Waals surface area contributed by atoms with Crippen LogP contribution in [-0.4, -0.2) is 17.5 Å². The molecule has 114 valence electrons. The first-order valence-corrected chi connectivity index (χ1v) is 6.90. The SMILES string of the molecule is C=C/C=C(/COc1ccc(O)cc1C)C(=C)C(C)=O.CC. The van der Waals surface area contributed by atoms with E-state index in [9.17, 15) is 9.90 Å². The summed E-state index contributed by atoms with van der Waals surface area (Å²) in [5, 5.41) is 9.32. The van der Waals surface area contributed by atoms with Crippen molar-refractivity contribution in [2.24, 2.45) is 0 Å². The number of carbonyl (C=O) groups excluding carboxylic acids is 1. The standard InChI is InChI=1S/C16H18O3.C2H6/c1-5-6-14(12(3)13(4)17)10-19-16-8-7-15(18)9-11(16)2;1-2/h5-9,18H,1,3,10H2,2,4H3;1-2H3/b14-6-;. The van der Waals surface area contributed by atoms with E-state index in [-0.39, 0.29) is 18.1 Å². The molecule has 0 bridgehead atoms.